The minimum atomic E-state index is 0.509. The van der Waals surface area contributed by atoms with Crippen LogP contribution >= 0.6 is 0 Å². The molecule has 0 spiro atoms. The Bertz CT molecular complexity index is 372. The molecule has 1 aliphatic heterocycles. The molecule has 0 aliphatic carbocycles. The fourth-order valence-electron chi connectivity index (χ4n) is 2.70. The lowest BCUT2D eigenvalue weighted by Gasteiger charge is -2.24. The molecule has 0 aromatic carbocycles. The number of hydrogen-bond donors (Lipinski definition) is 1. The van der Waals surface area contributed by atoms with Gasteiger partial charge in [0.2, 0.25) is 5.88 Å². The third kappa shape index (κ3) is 5.10. The van der Waals surface area contributed by atoms with Crippen LogP contribution < -0.4 is 10.1 Å². The van der Waals surface area contributed by atoms with E-state index in [1.54, 1.807) is 7.11 Å². The summed E-state index contributed by atoms with van der Waals surface area (Å²) in [5, 5.41) is 3.58. The lowest BCUT2D eigenvalue weighted by Crippen LogP contribution is -2.39. The third-order valence-electron chi connectivity index (χ3n) is 3.89. The lowest BCUT2D eigenvalue weighted by atomic mass is 10.2. The van der Waals surface area contributed by atoms with Crippen LogP contribution in [0.4, 0.5) is 0 Å². The largest absolute Gasteiger partial charge is 0.481 e. The van der Waals surface area contributed by atoms with Gasteiger partial charge in [-0.25, -0.2) is 4.98 Å². The van der Waals surface area contributed by atoms with Crippen molar-refractivity contribution < 1.29 is 4.74 Å². The predicted octanol–water partition coefficient (Wildman–Crippen LogP) is 2.44. The van der Waals surface area contributed by atoms with E-state index in [2.05, 4.69) is 28.2 Å². The highest BCUT2D eigenvalue weighted by Gasteiger charge is 2.12. The van der Waals surface area contributed by atoms with E-state index in [9.17, 15) is 0 Å². The van der Waals surface area contributed by atoms with Crippen LogP contribution in [0.25, 0.3) is 0 Å². The van der Waals surface area contributed by atoms with Gasteiger partial charge in [0.15, 0.2) is 0 Å². The van der Waals surface area contributed by atoms with Gasteiger partial charge >= 0.3 is 0 Å². The van der Waals surface area contributed by atoms with Crippen LogP contribution in [0.15, 0.2) is 18.3 Å². The molecule has 4 heteroatoms. The highest BCUT2D eigenvalue weighted by atomic mass is 16.5. The summed E-state index contributed by atoms with van der Waals surface area (Å²) in [4.78, 5) is 6.82. The van der Waals surface area contributed by atoms with E-state index >= 15 is 0 Å². The Morgan fingerprint density at radius 2 is 2.00 bits per heavy atom. The van der Waals surface area contributed by atoms with E-state index in [-0.39, 0.29) is 0 Å². The number of rotatable bonds is 6. The van der Waals surface area contributed by atoms with E-state index in [0.29, 0.717) is 11.9 Å². The molecule has 1 aromatic rings. The quantitative estimate of drug-likeness (QED) is 0.866. The molecule has 4 nitrogen and oxygen atoms in total. The summed E-state index contributed by atoms with van der Waals surface area (Å²) in [7, 11) is 1.64. The Morgan fingerprint density at radius 3 is 2.60 bits per heavy atom. The number of ether oxygens (including phenoxy) is 1. The average molecular weight is 277 g/mol. The van der Waals surface area contributed by atoms with Crippen molar-refractivity contribution in [3.05, 3.63) is 23.9 Å². The summed E-state index contributed by atoms with van der Waals surface area (Å²) in [5.41, 5.74) is 1.20. The smallest absolute Gasteiger partial charge is 0.212 e. The normalized spacial score (nSPS) is 18.5. The second-order valence-electron chi connectivity index (χ2n) is 5.71. The maximum Gasteiger partial charge on any atom is 0.212 e. The van der Waals surface area contributed by atoms with Gasteiger partial charge in [-0.15, -0.1) is 0 Å². The molecule has 1 N–H and O–H groups in total. The van der Waals surface area contributed by atoms with Gasteiger partial charge in [-0.2, -0.15) is 0 Å². The molecule has 0 radical (unpaired) electrons. The second kappa shape index (κ2) is 8.22. The summed E-state index contributed by atoms with van der Waals surface area (Å²) in [6.07, 6.45) is 7.39. The van der Waals surface area contributed by atoms with Gasteiger partial charge in [0.05, 0.1) is 7.11 Å². The Kier molecular flexibility index (Phi) is 6.27. The standard InChI is InChI=1S/C16H27N3O/c1-14(13-19-9-5-3-4-6-10-19)17-11-15-7-8-16(20-2)18-12-15/h7-8,12,14,17H,3-6,9-11,13H2,1-2H3. The molecular weight excluding hydrogens is 250 g/mol. The van der Waals surface area contributed by atoms with Gasteiger partial charge in [-0.05, 0) is 38.4 Å². The highest BCUT2D eigenvalue weighted by Crippen LogP contribution is 2.10. The van der Waals surface area contributed by atoms with Gasteiger partial charge < -0.3 is 15.0 Å². The Balaban J connectivity index is 1.71. The van der Waals surface area contributed by atoms with Gasteiger partial charge in [-0.3, -0.25) is 0 Å². The number of pyridine rings is 1. The van der Waals surface area contributed by atoms with Crippen LogP contribution in [0, 0.1) is 0 Å². The van der Waals surface area contributed by atoms with Gasteiger partial charge in [0.1, 0.15) is 0 Å². The molecule has 0 amide bonds. The molecular formula is C16H27N3O. The Hall–Kier alpha value is -1.13. The molecule has 0 saturated carbocycles. The summed E-state index contributed by atoms with van der Waals surface area (Å²) in [6, 6.07) is 4.49. The van der Waals surface area contributed by atoms with Gasteiger partial charge in [-0.1, -0.05) is 18.9 Å². The van der Waals surface area contributed by atoms with Crippen molar-refractivity contribution in [2.45, 2.75) is 45.2 Å². The maximum atomic E-state index is 5.07. The van der Waals surface area contributed by atoms with Crippen molar-refractivity contribution in [3.63, 3.8) is 0 Å². The van der Waals surface area contributed by atoms with Crippen molar-refractivity contribution in [1.82, 2.24) is 15.2 Å². The van der Waals surface area contributed by atoms with E-state index in [1.807, 2.05) is 12.3 Å². The molecule has 1 aliphatic rings. The zero-order valence-corrected chi connectivity index (χ0v) is 12.8. The summed E-state index contributed by atoms with van der Waals surface area (Å²) in [5.74, 6) is 0.673. The number of methoxy groups -OCH3 is 1. The minimum absolute atomic E-state index is 0.509. The summed E-state index contributed by atoms with van der Waals surface area (Å²) < 4.78 is 5.07. The summed E-state index contributed by atoms with van der Waals surface area (Å²) in [6.45, 7) is 6.80. The van der Waals surface area contributed by atoms with Gasteiger partial charge in [0, 0.05) is 31.4 Å². The molecule has 112 valence electrons. The Labute approximate surface area is 122 Å². The van der Waals surface area contributed by atoms with E-state index in [0.717, 1.165) is 13.1 Å². The molecule has 1 unspecified atom stereocenters. The molecule has 1 saturated heterocycles. The first-order chi connectivity index (χ1) is 9.78. The SMILES string of the molecule is COc1ccc(CNC(C)CN2CCCCCC2)cn1. The number of hydrogen-bond acceptors (Lipinski definition) is 4. The molecule has 20 heavy (non-hydrogen) atoms. The van der Waals surface area contributed by atoms with Crippen LogP contribution in [-0.2, 0) is 6.54 Å². The van der Waals surface area contributed by atoms with Crippen LogP contribution in [-0.4, -0.2) is 42.7 Å². The molecule has 2 heterocycles. The van der Waals surface area contributed by atoms with E-state index < -0.39 is 0 Å². The maximum absolute atomic E-state index is 5.07. The predicted molar refractivity (Wildman–Crippen MR) is 82.0 cm³/mol. The molecule has 1 fully saturated rings. The van der Waals surface area contributed by atoms with Crippen LogP contribution in [0.2, 0.25) is 0 Å². The lowest BCUT2D eigenvalue weighted by molar-refractivity contribution is 0.255. The number of nitrogens with zero attached hydrogens (tertiary/aromatic N) is 2. The summed E-state index contributed by atoms with van der Waals surface area (Å²) >= 11 is 0. The minimum Gasteiger partial charge on any atom is -0.481 e. The molecule has 1 atom stereocenters. The highest BCUT2D eigenvalue weighted by molar-refractivity contribution is 5.17. The van der Waals surface area contributed by atoms with E-state index in [1.165, 1.54) is 44.3 Å². The molecule has 0 bridgehead atoms. The van der Waals surface area contributed by atoms with Crippen molar-refractivity contribution >= 4 is 0 Å². The van der Waals surface area contributed by atoms with Crippen molar-refractivity contribution in [1.29, 1.82) is 0 Å². The first kappa shape index (κ1) is 15.3. The van der Waals surface area contributed by atoms with Crippen LogP contribution in [0.1, 0.15) is 38.2 Å². The first-order valence-corrected chi connectivity index (χ1v) is 7.72. The van der Waals surface area contributed by atoms with Crippen molar-refractivity contribution in [2.75, 3.05) is 26.7 Å². The molecule has 2 rings (SSSR count). The second-order valence-corrected chi connectivity index (χ2v) is 5.71. The number of likely N-dealkylation sites (tertiary alicyclic amines) is 1. The van der Waals surface area contributed by atoms with Crippen LogP contribution in [0.5, 0.6) is 5.88 Å². The first-order valence-electron chi connectivity index (χ1n) is 7.72. The molecule has 1 aromatic heterocycles. The fourth-order valence-corrected chi connectivity index (χ4v) is 2.70. The Morgan fingerprint density at radius 1 is 1.25 bits per heavy atom. The topological polar surface area (TPSA) is 37.4 Å². The monoisotopic (exact) mass is 277 g/mol. The number of aromatic nitrogens is 1. The van der Waals surface area contributed by atoms with Crippen molar-refractivity contribution in [2.24, 2.45) is 0 Å². The van der Waals surface area contributed by atoms with Crippen LogP contribution in [0.3, 0.4) is 0 Å². The average Bonchev–Trinajstić information content (AvgIpc) is 2.74. The number of nitrogens with one attached hydrogen (secondary N) is 1. The van der Waals surface area contributed by atoms with E-state index in [4.69, 9.17) is 4.74 Å². The third-order valence-corrected chi connectivity index (χ3v) is 3.89. The van der Waals surface area contributed by atoms with Crippen molar-refractivity contribution in [3.8, 4) is 5.88 Å². The van der Waals surface area contributed by atoms with Gasteiger partial charge in [0.25, 0.3) is 0 Å². The zero-order valence-electron chi connectivity index (χ0n) is 12.8. The fraction of sp³-hybridized carbons (Fsp3) is 0.688. The zero-order chi connectivity index (χ0) is 14.2.